The fraction of sp³-hybridized carbons (Fsp3) is 0.500. The van der Waals surface area contributed by atoms with E-state index in [1.807, 2.05) is 17.0 Å². The highest BCUT2D eigenvalue weighted by atomic mass is 19.1. The monoisotopic (exact) mass is 424 g/mol. The van der Waals surface area contributed by atoms with Gasteiger partial charge in [-0.2, -0.15) is 0 Å². The minimum absolute atomic E-state index is 0.112. The molecule has 0 aromatic heterocycles. The molecule has 1 amide bonds. The van der Waals surface area contributed by atoms with E-state index in [1.165, 1.54) is 17.7 Å². The van der Waals surface area contributed by atoms with Gasteiger partial charge in [0.2, 0.25) is 5.91 Å². The molecule has 2 atom stereocenters. The number of carbonyl (C=O) groups excluding carboxylic acids is 1. The number of ether oxygens (including phenoxy) is 1. The first-order valence-corrected chi connectivity index (χ1v) is 11.4. The number of nitrogens with zero attached hydrogens (tertiary/aromatic N) is 2. The topological polar surface area (TPSA) is 32.8 Å². The number of hydrogen-bond acceptors (Lipinski definition) is 3. The third kappa shape index (κ3) is 4.77. The summed E-state index contributed by atoms with van der Waals surface area (Å²) in [5, 5.41) is 0. The summed E-state index contributed by atoms with van der Waals surface area (Å²) < 4.78 is 19.8. The molecule has 166 valence electrons. The van der Waals surface area contributed by atoms with Crippen LogP contribution < -0.4 is 9.64 Å². The van der Waals surface area contributed by atoms with E-state index in [1.54, 1.807) is 6.07 Å². The van der Waals surface area contributed by atoms with Gasteiger partial charge in [0.25, 0.3) is 0 Å². The lowest BCUT2D eigenvalue weighted by molar-refractivity contribution is -0.117. The van der Waals surface area contributed by atoms with E-state index in [2.05, 4.69) is 43.9 Å². The third-order valence-electron chi connectivity index (χ3n) is 6.62. The first-order valence-electron chi connectivity index (χ1n) is 11.4. The number of anilines is 1. The van der Waals surface area contributed by atoms with Gasteiger partial charge in [-0.25, -0.2) is 4.39 Å². The molecule has 31 heavy (non-hydrogen) atoms. The van der Waals surface area contributed by atoms with Gasteiger partial charge in [0.05, 0.1) is 12.1 Å². The molecule has 2 aliphatic heterocycles. The summed E-state index contributed by atoms with van der Waals surface area (Å²) in [5.74, 6) is 1.24. The first kappa shape index (κ1) is 21.8. The second-order valence-corrected chi connectivity index (χ2v) is 9.56. The van der Waals surface area contributed by atoms with Gasteiger partial charge in [-0.3, -0.25) is 9.69 Å². The summed E-state index contributed by atoms with van der Waals surface area (Å²) >= 11 is 0. The predicted molar refractivity (Wildman–Crippen MR) is 122 cm³/mol. The van der Waals surface area contributed by atoms with E-state index in [4.69, 9.17) is 4.74 Å². The van der Waals surface area contributed by atoms with Crippen molar-refractivity contribution in [3.63, 3.8) is 0 Å². The number of rotatable bonds is 6. The van der Waals surface area contributed by atoms with Crippen LogP contribution in [0.1, 0.15) is 52.0 Å². The summed E-state index contributed by atoms with van der Waals surface area (Å²) in [4.78, 5) is 17.1. The van der Waals surface area contributed by atoms with Gasteiger partial charge < -0.3 is 9.64 Å². The van der Waals surface area contributed by atoms with Crippen molar-refractivity contribution >= 4 is 11.6 Å². The van der Waals surface area contributed by atoms with E-state index in [-0.39, 0.29) is 17.3 Å². The molecule has 4 nitrogen and oxygen atoms in total. The largest absolute Gasteiger partial charge is 0.493 e. The van der Waals surface area contributed by atoms with Crippen LogP contribution in [-0.4, -0.2) is 35.5 Å². The van der Waals surface area contributed by atoms with Crippen molar-refractivity contribution < 1.29 is 13.9 Å². The van der Waals surface area contributed by atoms with E-state index < -0.39 is 0 Å². The van der Waals surface area contributed by atoms with Crippen LogP contribution >= 0.6 is 0 Å². The van der Waals surface area contributed by atoms with Crippen molar-refractivity contribution in [1.29, 1.82) is 0 Å². The van der Waals surface area contributed by atoms with Crippen LogP contribution in [0.4, 0.5) is 10.1 Å². The highest BCUT2D eigenvalue weighted by molar-refractivity contribution is 5.97. The van der Waals surface area contributed by atoms with Gasteiger partial charge in [-0.15, -0.1) is 0 Å². The van der Waals surface area contributed by atoms with Gasteiger partial charge >= 0.3 is 0 Å². The van der Waals surface area contributed by atoms with Gasteiger partial charge in [0.15, 0.2) is 0 Å². The standard InChI is InChI=1S/C26H33FN2O2/c1-19(2)18-31-24-9-4-6-21(14-24)17-28-13-12-26(16-20(28)3)11-10-25(30)29(26)23-8-5-7-22(27)15-23/h4-9,14-15,19-20H,10-13,16-18H2,1-3H3/t20-,26+/m1/s1. The van der Waals surface area contributed by atoms with Crippen LogP contribution in [-0.2, 0) is 11.3 Å². The van der Waals surface area contributed by atoms with Gasteiger partial charge in [-0.1, -0.05) is 32.0 Å². The Labute approximate surface area is 185 Å². The molecule has 2 saturated heterocycles. The molecule has 4 rings (SSSR count). The number of hydrogen-bond donors (Lipinski definition) is 0. The molecule has 2 aromatic carbocycles. The number of likely N-dealkylation sites (tertiary alicyclic amines) is 1. The van der Waals surface area contributed by atoms with Gasteiger partial charge in [0, 0.05) is 31.2 Å². The molecular weight excluding hydrogens is 391 g/mol. The number of halogens is 1. The summed E-state index contributed by atoms with van der Waals surface area (Å²) in [5.41, 5.74) is 1.73. The predicted octanol–water partition coefficient (Wildman–Crippen LogP) is 5.41. The maximum Gasteiger partial charge on any atom is 0.227 e. The average Bonchev–Trinajstić information content (AvgIpc) is 3.04. The molecule has 0 aliphatic carbocycles. The van der Waals surface area contributed by atoms with Crippen LogP contribution in [0.25, 0.3) is 0 Å². The Bertz CT molecular complexity index is 931. The zero-order valence-electron chi connectivity index (χ0n) is 18.8. The fourth-order valence-electron chi connectivity index (χ4n) is 5.11. The maximum absolute atomic E-state index is 13.9. The minimum Gasteiger partial charge on any atom is -0.493 e. The summed E-state index contributed by atoms with van der Waals surface area (Å²) in [6.07, 6.45) is 3.19. The van der Waals surface area contributed by atoms with Crippen LogP contribution in [0.15, 0.2) is 48.5 Å². The molecule has 2 fully saturated rings. The quantitative estimate of drug-likeness (QED) is 0.622. The molecule has 0 radical (unpaired) electrons. The molecule has 5 heteroatoms. The molecule has 0 bridgehead atoms. The Hall–Kier alpha value is -2.40. The molecule has 2 heterocycles. The second kappa shape index (κ2) is 8.99. The van der Waals surface area contributed by atoms with Crippen molar-refractivity contribution in [1.82, 2.24) is 4.90 Å². The smallest absolute Gasteiger partial charge is 0.227 e. The fourth-order valence-corrected chi connectivity index (χ4v) is 5.11. The van der Waals surface area contributed by atoms with Crippen molar-refractivity contribution in [2.75, 3.05) is 18.1 Å². The summed E-state index contributed by atoms with van der Waals surface area (Å²) in [6, 6.07) is 15.2. The Balaban J connectivity index is 1.46. The number of carbonyl (C=O) groups is 1. The normalized spacial score (nSPS) is 24.4. The van der Waals surface area contributed by atoms with Gasteiger partial charge in [-0.05, 0) is 68.0 Å². The maximum atomic E-state index is 13.9. The highest BCUT2D eigenvalue weighted by Gasteiger charge is 2.49. The Morgan fingerprint density at radius 1 is 1.16 bits per heavy atom. The molecule has 1 spiro atoms. The van der Waals surface area contributed by atoms with Crippen molar-refractivity contribution in [2.24, 2.45) is 5.92 Å². The van der Waals surface area contributed by atoms with Crippen LogP contribution in [0, 0.1) is 11.7 Å². The molecule has 0 unspecified atom stereocenters. The number of benzene rings is 2. The van der Waals surface area contributed by atoms with Crippen LogP contribution in [0.3, 0.4) is 0 Å². The van der Waals surface area contributed by atoms with Crippen molar-refractivity contribution in [3.8, 4) is 5.75 Å². The third-order valence-corrected chi connectivity index (χ3v) is 6.62. The van der Waals surface area contributed by atoms with E-state index in [9.17, 15) is 9.18 Å². The molecule has 2 aromatic rings. The second-order valence-electron chi connectivity index (χ2n) is 9.56. The molecular formula is C26H33FN2O2. The van der Waals surface area contributed by atoms with Crippen LogP contribution in [0.2, 0.25) is 0 Å². The lowest BCUT2D eigenvalue weighted by atomic mass is 9.81. The Morgan fingerprint density at radius 2 is 1.97 bits per heavy atom. The van der Waals surface area contributed by atoms with Gasteiger partial charge in [0.1, 0.15) is 11.6 Å². The van der Waals surface area contributed by atoms with E-state index in [0.717, 1.165) is 44.7 Å². The Kier molecular flexibility index (Phi) is 6.33. The van der Waals surface area contributed by atoms with Crippen LogP contribution in [0.5, 0.6) is 5.75 Å². The minimum atomic E-state index is -0.294. The zero-order chi connectivity index (χ0) is 22.0. The molecule has 0 saturated carbocycles. The lowest BCUT2D eigenvalue weighted by Crippen LogP contribution is -2.56. The van der Waals surface area contributed by atoms with E-state index >= 15 is 0 Å². The first-order chi connectivity index (χ1) is 14.9. The van der Waals surface area contributed by atoms with Crippen molar-refractivity contribution in [3.05, 3.63) is 59.9 Å². The molecule has 2 aliphatic rings. The van der Waals surface area contributed by atoms with E-state index in [0.29, 0.717) is 24.1 Å². The SMILES string of the molecule is CC(C)COc1cccc(CN2CC[C@@]3(CCC(=O)N3c3cccc(F)c3)C[C@H]2C)c1. The number of piperidine rings is 1. The highest BCUT2D eigenvalue weighted by Crippen LogP contribution is 2.44. The Morgan fingerprint density at radius 3 is 2.71 bits per heavy atom. The lowest BCUT2D eigenvalue weighted by Gasteiger charge is -2.48. The summed E-state index contributed by atoms with van der Waals surface area (Å²) in [7, 11) is 0. The number of amides is 1. The van der Waals surface area contributed by atoms with Crippen molar-refractivity contribution in [2.45, 2.75) is 64.6 Å². The summed E-state index contributed by atoms with van der Waals surface area (Å²) in [6.45, 7) is 9.04. The average molecular weight is 425 g/mol. The molecule has 0 N–H and O–H groups in total. The zero-order valence-corrected chi connectivity index (χ0v) is 18.8.